The summed E-state index contributed by atoms with van der Waals surface area (Å²) in [6.45, 7) is 0. The van der Waals surface area contributed by atoms with Crippen LogP contribution in [-0.4, -0.2) is 24.1 Å². The molecule has 0 unspecified atom stereocenters. The summed E-state index contributed by atoms with van der Waals surface area (Å²) in [6, 6.07) is 66.6. The van der Waals surface area contributed by atoms with Crippen LogP contribution in [0, 0.1) is 0 Å². The van der Waals surface area contributed by atoms with Gasteiger partial charge in [-0.15, -0.1) is 11.3 Å². The van der Waals surface area contributed by atoms with Crippen LogP contribution in [0.2, 0.25) is 0 Å². The van der Waals surface area contributed by atoms with E-state index in [9.17, 15) is 0 Å². The van der Waals surface area contributed by atoms with E-state index in [0.29, 0.717) is 17.6 Å². The fourth-order valence-corrected chi connectivity index (χ4v) is 10.9. The molecule has 0 amide bonds. The largest absolute Gasteiger partial charge is 0.454 e. The second-order valence-electron chi connectivity index (χ2n) is 16.0. The van der Waals surface area contributed by atoms with Crippen molar-refractivity contribution in [2.45, 2.75) is 0 Å². The Kier molecular flexibility index (Phi) is 6.89. The molecule has 7 heteroatoms. The number of furan rings is 1. The van der Waals surface area contributed by atoms with Crippen molar-refractivity contribution in [1.29, 1.82) is 0 Å². The molecule has 6 nitrogen and oxygen atoms in total. The number of nitrogens with zero attached hydrogens (tertiary/aromatic N) is 5. The summed E-state index contributed by atoms with van der Waals surface area (Å²) in [5.41, 5.74) is 8.42. The molecule has 0 saturated heterocycles. The number of rotatable bonds is 4. The Morgan fingerprint density at radius 1 is 0.387 bits per heavy atom. The third kappa shape index (κ3) is 4.76. The Hall–Kier alpha value is -8.13. The molecule has 14 aromatic rings. The fourth-order valence-electron chi connectivity index (χ4n) is 9.79. The molecule has 0 fully saturated rings. The fraction of sp³-hybridized carbons (Fsp3) is 0. The molecular weight excluding hydrogens is 779 g/mol. The van der Waals surface area contributed by atoms with Crippen molar-refractivity contribution in [1.82, 2.24) is 24.1 Å². The van der Waals surface area contributed by atoms with Crippen LogP contribution in [0.15, 0.2) is 192 Å². The zero-order valence-electron chi connectivity index (χ0n) is 33.0. The summed E-state index contributed by atoms with van der Waals surface area (Å²) in [5, 5.41) is 11.4. The van der Waals surface area contributed by atoms with Crippen molar-refractivity contribution in [2.75, 3.05) is 0 Å². The predicted octanol–water partition coefficient (Wildman–Crippen LogP) is 14.8. The van der Waals surface area contributed by atoms with Crippen molar-refractivity contribution in [3.8, 4) is 34.4 Å². The molecule has 14 rings (SSSR count). The Morgan fingerprint density at radius 2 is 0.984 bits per heavy atom. The lowest BCUT2D eigenvalue weighted by Gasteiger charge is -2.16. The van der Waals surface area contributed by atoms with E-state index in [2.05, 4.69) is 185 Å². The normalized spacial score (nSPS) is 12.2. The van der Waals surface area contributed by atoms with Crippen LogP contribution >= 0.6 is 11.3 Å². The number of thiophene rings is 1. The molecule has 0 radical (unpaired) electrons. The van der Waals surface area contributed by atoms with E-state index in [0.717, 1.165) is 87.8 Å². The number of hydrogen-bond donors (Lipinski definition) is 0. The molecular formula is C55H31N5OS. The highest BCUT2D eigenvalue weighted by atomic mass is 32.1. The van der Waals surface area contributed by atoms with Gasteiger partial charge in [-0.2, -0.15) is 9.97 Å². The number of para-hydroxylation sites is 4. The third-order valence-corrected chi connectivity index (χ3v) is 13.7. The first kappa shape index (κ1) is 33.7. The highest BCUT2D eigenvalue weighted by molar-refractivity contribution is 7.25. The van der Waals surface area contributed by atoms with Gasteiger partial charge < -0.3 is 8.98 Å². The highest BCUT2D eigenvalue weighted by Crippen LogP contribution is 2.44. The van der Waals surface area contributed by atoms with Gasteiger partial charge in [0.2, 0.25) is 5.95 Å². The van der Waals surface area contributed by atoms with Gasteiger partial charge in [0.1, 0.15) is 11.3 Å². The van der Waals surface area contributed by atoms with Crippen LogP contribution < -0.4 is 0 Å². The summed E-state index contributed by atoms with van der Waals surface area (Å²) in [6.07, 6.45) is 0. The van der Waals surface area contributed by atoms with Crippen molar-refractivity contribution in [3.63, 3.8) is 0 Å². The molecule has 0 aliphatic heterocycles. The van der Waals surface area contributed by atoms with Crippen LogP contribution in [0.4, 0.5) is 0 Å². The van der Waals surface area contributed by atoms with Crippen molar-refractivity contribution < 1.29 is 4.42 Å². The second-order valence-corrected chi connectivity index (χ2v) is 17.1. The Labute approximate surface area is 357 Å². The molecule has 9 aromatic carbocycles. The molecule has 0 atom stereocenters. The van der Waals surface area contributed by atoms with Crippen LogP contribution in [0.1, 0.15) is 0 Å². The summed E-state index contributed by atoms with van der Waals surface area (Å²) >= 11 is 1.80. The second kappa shape index (κ2) is 12.7. The number of aromatic nitrogens is 5. The van der Waals surface area contributed by atoms with E-state index in [4.69, 9.17) is 19.4 Å². The molecule has 0 bridgehead atoms. The van der Waals surface area contributed by atoms with Gasteiger partial charge in [0, 0.05) is 63.6 Å². The molecule has 0 saturated carbocycles. The molecule has 0 aliphatic rings. The Bertz CT molecular complexity index is 4130. The van der Waals surface area contributed by atoms with Gasteiger partial charge in [-0.3, -0.25) is 4.57 Å². The first-order chi connectivity index (χ1) is 30.7. The van der Waals surface area contributed by atoms with Gasteiger partial charge >= 0.3 is 0 Å². The van der Waals surface area contributed by atoms with E-state index >= 15 is 0 Å². The van der Waals surface area contributed by atoms with E-state index in [-0.39, 0.29) is 0 Å². The van der Waals surface area contributed by atoms with Crippen molar-refractivity contribution in [2.24, 2.45) is 0 Å². The maximum atomic E-state index is 6.97. The molecule has 0 aliphatic carbocycles. The van der Waals surface area contributed by atoms with Gasteiger partial charge in [-0.1, -0.05) is 115 Å². The first-order valence-electron chi connectivity index (χ1n) is 20.8. The zero-order valence-corrected chi connectivity index (χ0v) is 33.8. The monoisotopic (exact) mass is 809 g/mol. The van der Waals surface area contributed by atoms with Crippen LogP contribution in [0.3, 0.4) is 0 Å². The number of benzene rings is 9. The van der Waals surface area contributed by atoms with Gasteiger partial charge in [-0.25, -0.2) is 4.98 Å². The van der Waals surface area contributed by atoms with Gasteiger partial charge in [0.05, 0.1) is 22.1 Å². The Morgan fingerprint density at radius 3 is 1.76 bits per heavy atom. The average Bonchev–Trinajstić information content (AvgIpc) is 4.08. The number of fused-ring (bicyclic) bond motifs is 13. The lowest BCUT2D eigenvalue weighted by molar-refractivity contribution is 0.666. The molecule has 5 heterocycles. The topological polar surface area (TPSA) is 61.7 Å². The van der Waals surface area contributed by atoms with Gasteiger partial charge in [0.15, 0.2) is 17.2 Å². The predicted molar refractivity (Wildman–Crippen MR) is 257 cm³/mol. The van der Waals surface area contributed by atoms with Crippen molar-refractivity contribution in [3.05, 3.63) is 188 Å². The number of hydrogen-bond acceptors (Lipinski definition) is 5. The minimum absolute atomic E-state index is 0.543. The maximum absolute atomic E-state index is 6.97. The van der Waals surface area contributed by atoms with Gasteiger partial charge in [0.25, 0.3) is 0 Å². The summed E-state index contributed by atoms with van der Waals surface area (Å²) in [7, 11) is 0. The molecule has 288 valence electrons. The maximum Gasteiger partial charge on any atom is 0.238 e. The molecule has 5 aromatic heterocycles. The quantitative estimate of drug-likeness (QED) is 0.178. The third-order valence-electron chi connectivity index (χ3n) is 12.6. The smallest absolute Gasteiger partial charge is 0.238 e. The van der Waals surface area contributed by atoms with E-state index in [1.54, 1.807) is 11.3 Å². The van der Waals surface area contributed by atoms with Crippen LogP contribution in [0.25, 0.3) is 131 Å². The molecule has 0 N–H and O–H groups in total. The van der Waals surface area contributed by atoms with Gasteiger partial charge in [-0.05, 0) is 83.6 Å². The lowest BCUT2D eigenvalue weighted by Crippen LogP contribution is -2.08. The molecule has 0 spiro atoms. The molecule has 62 heavy (non-hydrogen) atoms. The highest BCUT2D eigenvalue weighted by Gasteiger charge is 2.25. The average molecular weight is 810 g/mol. The Balaban J connectivity index is 1.13. The minimum atomic E-state index is 0.543. The first-order valence-corrected chi connectivity index (χ1v) is 21.6. The van der Waals surface area contributed by atoms with E-state index in [1.165, 1.54) is 25.6 Å². The van der Waals surface area contributed by atoms with Crippen molar-refractivity contribution >= 4 is 108 Å². The van der Waals surface area contributed by atoms with E-state index in [1.807, 2.05) is 12.1 Å². The SMILES string of the molecule is c1ccc2cc3c(cc2c1)c1ccccc1n3-c1c(-c2nc(-c3ccc4sc5ccccc5c4c3)nc(-n3c4ccccc4c4ccccc43)n2)ccc2c1oc1ccccc12. The minimum Gasteiger partial charge on any atom is -0.454 e. The van der Waals surface area contributed by atoms with Crippen LogP contribution in [0.5, 0.6) is 0 Å². The summed E-state index contributed by atoms with van der Waals surface area (Å²) in [5.74, 6) is 1.68. The summed E-state index contributed by atoms with van der Waals surface area (Å²) in [4.78, 5) is 16.4. The summed E-state index contributed by atoms with van der Waals surface area (Å²) < 4.78 is 14.0. The zero-order chi connectivity index (χ0) is 40.5. The standard InChI is InChI=1S/C55H31N5OS/c1-2-14-33-31-47-42(29-32(33)13-1)37-17-5-8-20-44(37)59(47)51-41(27-26-40-38-18-6-11-23-48(38)61-52(40)51)54-56-53(34-25-28-50-43(30-34)39-19-7-12-24-49(39)62-50)57-55(58-54)60-45-21-9-3-15-35(45)36-16-4-10-22-46(36)60/h1-31H. The van der Waals surface area contributed by atoms with Crippen LogP contribution in [-0.2, 0) is 0 Å². The van der Waals surface area contributed by atoms with E-state index < -0.39 is 0 Å². The lowest BCUT2D eigenvalue weighted by atomic mass is 10.1.